The number of methoxy groups -OCH3 is 1. The predicted octanol–water partition coefficient (Wildman–Crippen LogP) is 1.92. The third kappa shape index (κ3) is 3.07. The van der Waals surface area contributed by atoms with Crippen LogP contribution < -0.4 is 16.0 Å². The summed E-state index contributed by atoms with van der Waals surface area (Å²) in [6, 6.07) is -0.136. The van der Waals surface area contributed by atoms with Crippen molar-refractivity contribution in [1.82, 2.24) is 15.2 Å². The second-order valence-corrected chi connectivity index (χ2v) is 6.02. The number of nitrogens with two attached hydrogens (primary N) is 1. The van der Waals surface area contributed by atoms with Crippen LogP contribution in [0.4, 0.5) is 0 Å². The summed E-state index contributed by atoms with van der Waals surface area (Å²) in [4.78, 5) is 0. The molecule has 3 N–H and O–H groups in total. The minimum atomic E-state index is -0.303. The molecule has 1 aliphatic rings. The van der Waals surface area contributed by atoms with Crippen LogP contribution in [0.5, 0.6) is 5.75 Å². The first-order chi connectivity index (χ1) is 10.1. The number of rotatable bonds is 6. The minimum absolute atomic E-state index is 0.136. The summed E-state index contributed by atoms with van der Waals surface area (Å²) in [7, 11) is 3.57. The van der Waals surface area contributed by atoms with Crippen LogP contribution in [0, 0.1) is 5.92 Å². The van der Waals surface area contributed by atoms with Gasteiger partial charge in [0.1, 0.15) is 5.69 Å². The average molecular weight is 296 g/mol. The summed E-state index contributed by atoms with van der Waals surface area (Å²) in [5, 5.41) is 4.30. The van der Waals surface area contributed by atoms with E-state index in [0.717, 1.165) is 30.7 Å². The number of hydrogen-bond donors (Lipinski definition) is 2. The maximum atomic E-state index is 6.23. The van der Waals surface area contributed by atoms with Gasteiger partial charge in [0.05, 0.1) is 24.9 Å². The molecule has 1 aliphatic carbocycles. The van der Waals surface area contributed by atoms with Crippen LogP contribution in [0.1, 0.15) is 51.3 Å². The molecule has 1 saturated carbocycles. The number of aromatic nitrogens is 2. The fourth-order valence-corrected chi connectivity index (χ4v) is 3.70. The third-order valence-electron chi connectivity index (χ3n) is 4.56. The minimum Gasteiger partial charge on any atom is -0.493 e. The number of nitrogens with one attached hydrogen (secondary N) is 1. The van der Waals surface area contributed by atoms with Crippen LogP contribution in [0.3, 0.4) is 0 Å². The summed E-state index contributed by atoms with van der Waals surface area (Å²) >= 11 is 0. The maximum absolute atomic E-state index is 6.23. The van der Waals surface area contributed by atoms with Gasteiger partial charge in [0.25, 0.3) is 0 Å². The van der Waals surface area contributed by atoms with Crippen LogP contribution in [-0.4, -0.2) is 29.1 Å². The van der Waals surface area contributed by atoms with E-state index in [1.807, 2.05) is 18.7 Å². The maximum Gasteiger partial charge on any atom is 0.161 e. The monoisotopic (exact) mass is 296 g/mol. The molecule has 1 aromatic heterocycles. The SMILES string of the molecule is CCOC1(C(NN)c2c(OC)cnn2C)CCCC(C)C1. The number of aryl methyl sites for hydroxylation is 1. The molecule has 6 nitrogen and oxygen atoms in total. The molecule has 3 atom stereocenters. The first-order valence-corrected chi connectivity index (χ1v) is 7.74. The Hall–Kier alpha value is -1.11. The third-order valence-corrected chi connectivity index (χ3v) is 4.56. The first-order valence-electron chi connectivity index (χ1n) is 7.74. The van der Waals surface area contributed by atoms with Crippen molar-refractivity contribution in [2.45, 2.75) is 51.2 Å². The van der Waals surface area contributed by atoms with E-state index in [0.29, 0.717) is 12.5 Å². The molecule has 0 spiro atoms. The summed E-state index contributed by atoms with van der Waals surface area (Å²) in [5.74, 6) is 7.29. The highest BCUT2D eigenvalue weighted by Gasteiger charge is 2.45. The van der Waals surface area contributed by atoms with Crippen molar-refractivity contribution in [2.75, 3.05) is 13.7 Å². The molecule has 21 heavy (non-hydrogen) atoms. The van der Waals surface area contributed by atoms with E-state index in [1.165, 1.54) is 6.42 Å². The number of hydrazine groups is 1. The lowest BCUT2D eigenvalue weighted by molar-refractivity contribution is -0.104. The van der Waals surface area contributed by atoms with E-state index in [4.69, 9.17) is 15.3 Å². The lowest BCUT2D eigenvalue weighted by Gasteiger charge is -2.45. The van der Waals surface area contributed by atoms with Crippen molar-refractivity contribution in [3.63, 3.8) is 0 Å². The number of ether oxygens (including phenoxy) is 2. The quantitative estimate of drug-likeness (QED) is 0.619. The van der Waals surface area contributed by atoms with Crippen LogP contribution >= 0.6 is 0 Å². The van der Waals surface area contributed by atoms with Gasteiger partial charge in [-0.25, -0.2) is 5.43 Å². The van der Waals surface area contributed by atoms with E-state index in [2.05, 4.69) is 17.4 Å². The molecular formula is C15H28N4O2. The fourth-order valence-electron chi connectivity index (χ4n) is 3.70. The van der Waals surface area contributed by atoms with Gasteiger partial charge in [-0.1, -0.05) is 19.8 Å². The molecule has 0 radical (unpaired) electrons. The van der Waals surface area contributed by atoms with E-state index in [1.54, 1.807) is 13.3 Å². The Kier molecular flexibility index (Phi) is 5.24. The average Bonchev–Trinajstić information content (AvgIpc) is 2.81. The van der Waals surface area contributed by atoms with Crippen molar-refractivity contribution >= 4 is 0 Å². The Bertz CT molecular complexity index is 459. The molecule has 1 fully saturated rings. The van der Waals surface area contributed by atoms with Gasteiger partial charge in [0.2, 0.25) is 0 Å². The molecular weight excluding hydrogens is 268 g/mol. The summed E-state index contributed by atoms with van der Waals surface area (Å²) in [5.41, 5.74) is 3.61. The van der Waals surface area contributed by atoms with Crippen LogP contribution in [0.25, 0.3) is 0 Å². The molecule has 0 aromatic carbocycles. The highest BCUT2D eigenvalue weighted by molar-refractivity contribution is 5.30. The van der Waals surface area contributed by atoms with E-state index >= 15 is 0 Å². The molecule has 0 aliphatic heterocycles. The Morgan fingerprint density at radius 1 is 1.62 bits per heavy atom. The second kappa shape index (κ2) is 6.77. The lowest BCUT2D eigenvalue weighted by atomic mass is 9.73. The summed E-state index contributed by atoms with van der Waals surface area (Å²) in [6.45, 7) is 4.99. The van der Waals surface area contributed by atoms with Gasteiger partial charge >= 0.3 is 0 Å². The fraction of sp³-hybridized carbons (Fsp3) is 0.800. The Labute approximate surface area is 126 Å². The predicted molar refractivity (Wildman–Crippen MR) is 81.8 cm³/mol. The number of nitrogens with zero attached hydrogens (tertiary/aromatic N) is 2. The Morgan fingerprint density at radius 2 is 2.38 bits per heavy atom. The normalized spacial score (nSPS) is 27.6. The Balaban J connectivity index is 2.42. The highest BCUT2D eigenvalue weighted by Crippen LogP contribution is 2.45. The molecule has 0 amide bonds. The van der Waals surface area contributed by atoms with E-state index in [-0.39, 0.29) is 11.6 Å². The highest BCUT2D eigenvalue weighted by atomic mass is 16.5. The van der Waals surface area contributed by atoms with E-state index in [9.17, 15) is 0 Å². The standard InChI is InChI=1S/C15H28N4O2/c1-5-21-15(8-6-7-11(2)9-15)14(18-16)13-12(20-4)10-17-19(13)3/h10-11,14,18H,5-9,16H2,1-4H3. The van der Waals surface area contributed by atoms with E-state index < -0.39 is 0 Å². The largest absolute Gasteiger partial charge is 0.493 e. The van der Waals surface area contributed by atoms with Gasteiger partial charge in [-0.05, 0) is 25.7 Å². The van der Waals surface area contributed by atoms with Crippen LogP contribution in [0.2, 0.25) is 0 Å². The lowest BCUT2D eigenvalue weighted by Crippen LogP contribution is -2.51. The topological polar surface area (TPSA) is 74.3 Å². The van der Waals surface area contributed by atoms with Gasteiger partial charge in [-0.2, -0.15) is 5.10 Å². The zero-order chi connectivity index (χ0) is 15.5. The van der Waals surface area contributed by atoms with Gasteiger partial charge < -0.3 is 9.47 Å². The smallest absolute Gasteiger partial charge is 0.161 e. The van der Waals surface area contributed by atoms with Crippen molar-refractivity contribution < 1.29 is 9.47 Å². The molecule has 6 heteroatoms. The van der Waals surface area contributed by atoms with Crippen molar-refractivity contribution in [3.8, 4) is 5.75 Å². The summed E-state index contributed by atoms with van der Waals surface area (Å²) in [6.07, 6.45) is 6.11. The van der Waals surface area contributed by atoms with Gasteiger partial charge in [0.15, 0.2) is 5.75 Å². The zero-order valence-electron chi connectivity index (χ0n) is 13.6. The molecule has 1 aromatic rings. The number of hydrogen-bond acceptors (Lipinski definition) is 5. The second-order valence-electron chi connectivity index (χ2n) is 6.02. The van der Waals surface area contributed by atoms with Crippen molar-refractivity contribution in [2.24, 2.45) is 18.8 Å². The van der Waals surface area contributed by atoms with Crippen LogP contribution in [-0.2, 0) is 11.8 Å². The Morgan fingerprint density at radius 3 is 2.95 bits per heavy atom. The van der Waals surface area contributed by atoms with Gasteiger partial charge in [-0.3, -0.25) is 10.5 Å². The van der Waals surface area contributed by atoms with Crippen LogP contribution in [0.15, 0.2) is 6.20 Å². The molecule has 0 bridgehead atoms. The van der Waals surface area contributed by atoms with Crippen molar-refractivity contribution in [1.29, 1.82) is 0 Å². The molecule has 120 valence electrons. The molecule has 2 rings (SSSR count). The van der Waals surface area contributed by atoms with Crippen molar-refractivity contribution in [3.05, 3.63) is 11.9 Å². The first kappa shape index (κ1) is 16.3. The molecule has 3 unspecified atom stereocenters. The van der Waals surface area contributed by atoms with Gasteiger partial charge in [0, 0.05) is 13.7 Å². The molecule has 1 heterocycles. The summed E-state index contributed by atoms with van der Waals surface area (Å²) < 4.78 is 13.5. The van der Waals surface area contributed by atoms with Gasteiger partial charge in [-0.15, -0.1) is 0 Å². The zero-order valence-corrected chi connectivity index (χ0v) is 13.6. The molecule has 0 saturated heterocycles.